The van der Waals surface area contributed by atoms with E-state index in [1.165, 1.54) is 12.1 Å². The van der Waals surface area contributed by atoms with Gasteiger partial charge in [0.15, 0.2) is 4.80 Å². The van der Waals surface area contributed by atoms with Crippen LogP contribution in [0.3, 0.4) is 0 Å². The van der Waals surface area contributed by atoms with Crippen LogP contribution >= 0.6 is 23.1 Å². The third-order valence-corrected chi connectivity index (χ3v) is 7.71. The summed E-state index contributed by atoms with van der Waals surface area (Å²) < 4.78 is 35.7. The number of nitrogens with zero attached hydrogens (tertiary/aromatic N) is 2. The summed E-state index contributed by atoms with van der Waals surface area (Å²) in [4.78, 5) is 30.2. The summed E-state index contributed by atoms with van der Waals surface area (Å²) in [5.74, 6) is 0.711. The number of sulfonamides is 1. The number of methoxy groups -OCH3 is 1. The molecule has 0 aliphatic heterocycles. The number of amides is 1. The molecule has 2 aromatic carbocycles. The largest absolute Gasteiger partial charge is 0.497 e. The maximum absolute atomic E-state index is 12.5. The van der Waals surface area contributed by atoms with Crippen molar-refractivity contribution in [1.82, 2.24) is 4.57 Å². The summed E-state index contributed by atoms with van der Waals surface area (Å²) in [6.45, 7) is 1.77. The Bertz CT molecular complexity index is 1340. The van der Waals surface area contributed by atoms with E-state index in [4.69, 9.17) is 14.6 Å². The Morgan fingerprint density at radius 1 is 1.18 bits per heavy atom. The molecule has 1 amide bonds. The lowest BCUT2D eigenvalue weighted by atomic mass is 10.3. The number of thioether (sulfide) groups is 1. The molecule has 1 heterocycles. The van der Waals surface area contributed by atoms with E-state index in [0.717, 1.165) is 27.7 Å². The maximum Gasteiger partial charge on any atom is 0.326 e. The second-order valence-electron chi connectivity index (χ2n) is 7.08. The molecule has 0 spiro atoms. The van der Waals surface area contributed by atoms with Gasteiger partial charge in [-0.3, -0.25) is 9.59 Å². The Hall–Kier alpha value is -2.67. The van der Waals surface area contributed by atoms with Crippen molar-refractivity contribution >= 4 is 55.2 Å². The molecule has 0 aliphatic rings. The third-order valence-electron chi connectivity index (χ3n) is 4.66. The van der Waals surface area contributed by atoms with Gasteiger partial charge in [-0.1, -0.05) is 11.3 Å². The summed E-state index contributed by atoms with van der Waals surface area (Å²) in [6.07, 6.45) is 0.858. The molecule has 0 saturated carbocycles. The Morgan fingerprint density at radius 2 is 1.91 bits per heavy atom. The average Bonchev–Trinajstić information content (AvgIpc) is 3.12. The monoisotopic (exact) mass is 523 g/mol. The van der Waals surface area contributed by atoms with Gasteiger partial charge in [-0.2, -0.15) is 4.99 Å². The lowest BCUT2D eigenvalue weighted by molar-refractivity contribution is -0.143. The minimum absolute atomic E-state index is 0.0574. The first-order valence-corrected chi connectivity index (χ1v) is 13.7. The number of carbonyl (C=O) groups excluding carboxylic acids is 2. The molecule has 0 aliphatic carbocycles. The maximum atomic E-state index is 12.5. The van der Waals surface area contributed by atoms with E-state index in [-0.39, 0.29) is 30.4 Å². The van der Waals surface area contributed by atoms with Crippen molar-refractivity contribution < 1.29 is 27.5 Å². The van der Waals surface area contributed by atoms with Gasteiger partial charge < -0.3 is 14.0 Å². The van der Waals surface area contributed by atoms with Crippen LogP contribution in [0.15, 0.2) is 57.2 Å². The molecule has 34 heavy (non-hydrogen) atoms. The van der Waals surface area contributed by atoms with Crippen molar-refractivity contribution in [2.45, 2.75) is 36.1 Å². The van der Waals surface area contributed by atoms with Crippen LogP contribution in [0.1, 0.15) is 19.8 Å². The first-order chi connectivity index (χ1) is 16.2. The number of ether oxygens (including phenoxy) is 2. The van der Waals surface area contributed by atoms with Crippen LogP contribution in [-0.4, -0.2) is 44.3 Å². The van der Waals surface area contributed by atoms with Gasteiger partial charge in [0.1, 0.15) is 12.3 Å². The van der Waals surface area contributed by atoms with Gasteiger partial charge in [-0.25, -0.2) is 13.6 Å². The van der Waals surface area contributed by atoms with Crippen molar-refractivity contribution in [3.05, 3.63) is 47.3 Å². The summed E-state index contributed by atoms with van der Waals surface area (Å²) in [7, 11) is -2.28. The van der Waals surface area contributed by atoms with Gasteiger partial charge in [-0.05, 0) is 61.6 Å². The Balaban J connectivity index is 1.77. The number of rotatable bonds is 10. The molecule has 0 bridgehead atoms. The average molecular weight is 524 g/mol. The fourth-order valence-electron chi connectivity index (χ4n) is 3.05. The minimum atomic E-state index is -3.90. The number of hydrogen-bond acceptors (Lipinski definition) is 8. The highest BCUT2D eigenvalue weighted by Gasteiger charge is 2.15. The van der Waals surface area contributed by atoms with E-state index in [9.17, 15) is 18.0 Å². The third kappa shape index (κ3) is 6.92. The standard InChI is InChI=1S/C22H25N3O6S3/c1-3-31-21(27)14-25-18-11-10-17(34(23,28)29)13-19(18)33-22(25)24-20(26)5-4-12-32-16-8-6-15(30-2)7-9-16/h6-11,13H,3-5,12,14H2,1-2H3,(H2,23,28,29). The molecule has 3 aromatic rings. The zero-order chi connectivity index (χ0) is 24.7. The van der Waals surface area contributed by atoms with E-state index >= 15 is 0 Å². The molecule has 0 saturated heterocycles. The number of hydrogen-bond donors (Lipinski definition) is 1. The second kappa shape index (κ2) is 11.6. The van der Waals surface area contributed by atoms with Gasteiger partial charge in [0.2, 0.25) is 15.9 Å². The highest BCUT2D eigenvalue weighted by Crippen LogP contribution is 2.23. The lowest BCUT2D eigenvalue weighted by Crippen LogP contribution is -2.23. The summed E-state index contributed by atoms with van der Waals surface area (Å²) in [5, 5.41) is 5.23. The van der Waals surface area contributed by atoms with Crippen molar-refractivity contribution in [2.75, 3.05) is 19.5 Å². The number of esters is 1. The van der Waals surface area contributed by atoms with Crippen molar-refractivity contribution in [1.29, 1.82) is 0 Å². The van der Waals surface area contributed by atoms with Crippen LogP contribution in [0, 0.1) is 0 Å². The topological polar surface area (TPSA) is 130 Å². The SMILES string of the molecule is CCOC(=O)Cn1c(=NC(=O)CCCSc2ccc(OC)cc2)sc2cc(S(N)(=O)=O)ccc21. The van der Waals surface area contributed by atoms with E-state index in [0.29, 0.717) is 21.4 Å². The van der Waals surface area contributed by atoms with Crippen molar-refractivity contribution in [3.8, 4) is 5.75 Å². The summed E-state index contributed by atoms with van der Waals surface area (Å²) >= 11 is 2.74. The van der Waals surface area contributed by atoms with Crippen LogP contribution in [0.25, 0.3) is 10.2 Å². The molecule has 9 nitrogen and oxygen atoms in total. The van der Waals surface area contributed by atoms with E-state index < -0.39 is 16.0 Å². The quantitative estimate of drug-likeness (QED) is 0.246. The molecule has 3 rings (SSSR count). The fraction of sp³-hybridized carbons (Fsp3) is 0.318. The number of benzene rings is 2. The highest BCUT2D eigenvalue weighted by molar-refractivity contribution is 7.99. The van der Waals surface area contributed by atoms with E-state index in [2.05, 4.69) is 4.99 Å². The van der Waals surface area contributed by atoms with Crippen LogP contribution in [0.2, 0.25) is 0 Å². The molecule has 0 unspecified atom stereocenters. The van der Waals surface area contributed by atoms with Crippen molar-refractivity contribution in [3.63, 3.8) is 0 Å². The van der Waals surface area contributed by atoms with Gasteiger partial charge in [-0.15, -0.1) is 11.8 Å². The van der Waals surface area contributed by atoms with Crippen LogP contribution < -0.4 is 14.7 Å². The fourth-order valence-corrected chi connectivity index (χ4v) is 5.61. The number of carbonyl (C=O) groups is 2. The van der Waals surface area contributed by atoms with Crippen molar-refractivity contribution in [2.24, 2.45) is 10.1 Å². The second-order valence-corrected chi connectivity index (χ2v) is 10.8. The predicted octanol–water partition coefficient (Wildman–Crippen LogP) is 2.92. The van der Waals surface area contributed by atoms with Gasteiger partial charge in [0.25, 0.3) is 0 Å². The number of primary sulfonamides is 1. The predicted molar refractivity (Wildman–Crippen MR) is 131 cm³/mol. The zero-order valence-corrected chi connectivity index (χ0v) is 21.2. The molecular weight excluding hydrogens is 498 g/mol. The van der Waals surface area contributed by atoms with E-state index in [1.54, 1.807) is 36.4 Å². The molecule has 2 N–H and O–H groups in total. The summed E-state index contributed by atoms with van der Waals surface area (Å²) in [5.41, 5.74) is 0.562. The number of fused-ring (bicyclic) bond motifs is 1. The van der Waals surface area contributed by atoms with Crippen LogP contribution in [0.5, 0.6) is 5.75 Å². The lowest BCUT2D eigenvalue weighted by Gasteiger charge is -2.05. The molecule has 0 radical (unpaired) electrons. The Kier molecular flexibility index (Phi) is 8.89. The highest BCUT2D eigenvalue weighted by atomic mass is 32.2. The zero-order valence-electron chi connectivity index (χ0n) is 18.7. The molecule has 1 aromatic heterocycles. The summed E-state index contributed by atoms with van der Waals surface area (Å²) in [6, 6.07) is 12.0. The first kappa shape index (κ1) is 25.9. The van der Waals surface area contributed by atoms with Crippen LogP contribution in [0.4, 0.5) is 0 Å². The molecule has 182 valence electrons. The van der Waals surface area contributed by atoms with Crippen LogP contribution in [-0.2, 0) is 30.9 Å². The normalized spacial score (nSPS) is 12.1. The molecule has 0 atom stereocenters. The first-order valence-electron chi connectivity index (χ1n) is 10.4. The molecule has 12 heteroatoms. The van der Waals surface area contributed by atoms with Gasteiger partial charge in [0.05, 0.1) is 28.8 Å². The number of nitrogens with two attached hydrogens (primary N) is 1. The number of aromatic nitrogens is 1. The minimum Gasteiger partial charge on any atom is -0.497 e. The van der Waals surface area contributed by atoms with E-state index in [1.807, 2.05) is 24.3 Å². The molecular formula is C22H25N3O6S3. The number of thiazole rings is 1. The Labute approximate surface area is 205 Å². The smallest absolute Gasteiger partial charge is 0.326 e. The van der Waals surface area contributed by atoms with Gasteiger partial charge >= 0.3 is 5.97 Å². The molecule has 0 fully saturated rings. The van der Waals surface area contributed by atoms with Gasteiger partial charge in [0, 0.05) is 11.3 Å². The Morgan fingerprint density at radius 3 is 2.56 bits per heavy atom.